The maximum absolute atomic E-state index is 2.23. The summed E-state index contributed by atoms with van der Waals surface area (Å²) in [7, 11) is 0. The van der Waals surface area contributed by atoms with Gasteiger partial charge in [0.2, 0.25) is 0 Å². The Hall–Kier alpha value is 2.77. The number of halogens is 3. The Morgan fingerprint density at radius 3 is 1.00 bits per heavy atom. The fraction of sp³-hybridized carbons (Fsp3) is 0. The van der Waals surface area contributed by atoms with Gasteiger partial charge < -0.3 is 0 Å². The molecule has 0 bridgehead atoms. The first-order chi connectivity index (χ1) is 1.73. The van der Waals surface area contributed by atoms with E-state index in [1.807, 2.05) is 0 Å². The van der Waals surface area contributed by atoms with E-state index in [1.165, 1.54) is -0.0619 Å². The number of hydrogen-bond acceptors (Lipinski definition) is 0. The molecule has 0 rings (SSSR count). The minimum absolute atomic E-state index is 0. The zero-order valence-electron chi connectivity index (χ0n) is 2.08. The molecule has 0 fully saturated rings. The van der Waals surface area contributed by atoms with E-state index in [-0.39, 0.29) is 18.6 Å². The third-order valence-corrected chi connectivity index (χ3v) is 0. The summed E-state index contributed by atoms with van der Waals surface area (Å²) in [5, 5.41) is 0. The zero-order valence-corrected chi connectivity index (χ0v) is 9.95. The van der Waals surface area contributed by atoms with Crippen LogP contribution in [0, 0.1) is -0.0619 Å². The van der Waals surface area contributed by atoms with Gasteiger partial charge in [0.25, 0.3) is 0 Å². The molecule has 0 aliphatic rings. The summed E-state index contributed by atoms with van der Waals surface area (Å²) in [4.78, 5) is 0. The van der Waals surface area contributed by atoms with Crippen LogP contribution in [0.4, 0.5) is 0 Å². The van der Waals surface area contributed by atoms with Gasteiger partial charge in [-0.05, 0) is 0 Å². The zero-order chi connectivity index (χ0) is 3.58. The molecule has 0 saturated heterocycles. The minimum Gasteiger partial charge on any atom is -0.290 e. The molecule has 0 aromatic carbocycles. The molecule has 0 N–H and O–H groups in total. The number of hydrogen-bond donors (Lipinski definition) is 0. The Morgan fingerprint density at radius 2 is 1.00 bits per heavy atom. The van der Waals surface area contributed by atoms with Crippen molar-refractivity contribution < 1.29 is 18.6 Å². The Balaban J connectivity index is 0. The molecule has 4 heteroatoms. The van der Waals surface area contributed by atoms with Crippen molar-refractivity contribution in [1.82, 2.24) is 0 Å². The van der Waals surface area contributed by atoms with Crippen molar-refractivity contribution in [3.05, 3.63) is -0.0619 Å². The predicted molar refractivity (Wildman–Crippen MR) is 45.3 cm³/mol. The standard InChI is InChI=1S/CI3.V/c2-1(3)4;/q-1;. The fourth-order valence-corrected chi connectivity index (χ4v) is 0. The van der Waals surface area contributed by atoms with E-state index in [0.717, 1.165) is 0 Å². The average molecular weight is 444 g/mol. The molecular formula is CI3V-. The fourth-order valence-electron chi connectivity index (χ4n) is 0. The molecule has 0 spiro atoms. The molecule has 31 valence electrons. The summed E-state index contributed by atoms with van der Waals surface area (Å²) >= 11 is 6.70. The van der Waals surface area contributed by atoms with Crippen molar-refractivity contribution >= 4 is 67.8 Å². The van der Waals surface area contributed by atoms with Crippen molar-refractivity contribution in [1.29, 1.82) is 0 Å². The maximum Gasteiger partial charge on any atom is 0 e. The molecule has 0 atom stereocenters. The van der Waals surface area contributed by atoms with Gasteiger partial charge in [0.15, 0.2) is 0 Å². The summed E-state index contributed by atoms with van der Waals surface area (Å²) in [5.41, 5.74) is 0. The van der Waals surface area contributed by atoms with Crippen LogP contribution < -0.4 is 0 Å². The third-order valence-electron chi connectivity index (χ3n) is 0. The summed E-state index contributed by atoms with van der Waals surface area (Å²) in [6.45, 7) is 0. The van der Waals surface area contributed by atoms with Crippen LogP contribution in [-0.2, 0) is 18.6 Å². The Labute approximate surface area is 84.5 Å². The summed E-state index contributed by atoms with van der Waals surface area (Å²) in [6, 6.07) is 0. The quantitative estimate of drug-likeness (QED) is 0.399. The predicted octanol–water partition coefficient (Wildman–Crippen LogP) is 2.74. The van der Waals surface area contributed by atoms with Crippen molar-refractivity contribution in [2.75, 3.05) is 0 Å². The normalized spacial score (nSPS) is 7.20. The molecule has 0 amide bonds. The third kappa shape index (κ3) is 20.1. The van der Waals surface area contributed by atoms with Crippen molar-refractivity contribution in [2.45, 2.75) is 0 Å². The monoisotopic (exact) mass is 444 g/mol. The maximum atomic E-state index is 2.23. The van der Waals surface area contributed by atoms with Gasteiger partial charge in [-0.1, -0.05) is 0 Å². The van der Waals surface area contributed by atoms with E-state index < -0.39 is 0 Å². The Kier molecular flexibility index (Phi) is 14.5. The molecule has 0 aromatic heterocycles. The van der Waals surface area contributed by atoms with Crippen molar-refractivity contribution in [2.24, 2.45) is 0 Å². The van der Waals surface area contributed by atoms with Gasteiger partial charge in [0.05, 0.1) is 0 Å². The van der Waals surface area contributed by atoms with Crippen molar-refractivity contribution in [3.8, 4) is 0 Å². The van der Waals surface area contributed by atoms with Gasteiger partial charge in [-0.15, -0.1) is -0.0619 Å². The van der Waals surface area contributed by atoms with E-state index in [0.29, 0.717) is 0 Å². The molecule has 0 aromatic rings. The van der Waals surface area contributed by atoms with Crippen LogP contribution in [0.25, 0.3) is 0 Å². The van der Waals surface area contributed by atoms with E-state index in [2.05, 4.69) is 67.8 Å². The van der Waals surface area contributed by atoms with Crippen LogP contribution in [0.1, 0.15) is 0 Å². The van der Waals surface area contributed by atoms with Gasteiger partial charge in [-0.3, -0.25) is 67.8 Å². The second kappa shape index (κ2) is 6.77. The summed E-state index contributed by atoms with van der Waals surface area (Å²) in [6.07, 6.45) is 0. The molecule has 1 radical (unpaired) electrons. The molecule has 0 heterocycles. The first-order valence-electron chi connectivity index (χ1n) is 0.567. The smallest absolute Gasteiger partial charge is 0 e. The van der Waals surface area contributed by atoms with E-state index >= 15 is 0 Å². The second-order valence-corrected chi connectivity index (χ2v) is 9.64. The van der Waals surface area contributed by atoms with E-state index in [9.17, 15) is 0 Å². The SMILES string of the molecule is I[C-](I)I.[V]. The Bertz CT molecular complexity index is 11.6. The van der Waals surface area contributed by atoms with Crippen LogP contribution in [0.2, 0.25) is 0 Å². The van der Waals surface area contributed by atoms with Gasteiger partial charge >= 0.3 is 0 Å². The molecule has 0 unspecified atom stereocenters. The molecule has 0 saturated carbocycles. The van der Waals surface area contributed by atoms with Gasteiger partial charge in [0.1, 0.15) is 0 Å². The van der Waals surface area contributed by atoms with Crippen LogP contribution in [0.3, 0.4) is 0 Å². The average Bonchev–Trinajstić information content (AvgIpc) is 0.811. The van der Waals surface area contributed by atoms with E-state index in [1.54, 1.807) is 0 Å². The van der Waals surface area contributed by atoms with Crippen molar-refractivity contribution in [3.63, 3.8) is 0 Å². The topological polar surface area (TPSA) is 0 Å². The molecule has 5 heavy (non-hydrogen) atoms. The van der Waals surface area contributed by atoms with Crippen LogP contribution in [0.5, 0.6) is 0 Å². The van der Waals surface area contributed by atoms with Crippen LogP contribution >= 0.6 is 67.8 Å². The molecular weight excluding hydrogens is 444 g/mol. The van der Waals surface area contributed by atoms with Gasteiger partial charge in [0, 0.05) is 18.6 Å². The largest absolute Gasteiger partial charge is 0.290 e. The first-order valence-corrected chi connectivity index (χ1v) is 3.80. The summed E-state index contributed by atoms with van der Waals surface area (Å²) in [5.74, 6) is 0. The van der Waals surface area contributed by atoms with Gasteiger partial charge in [-0.2, -0.15) is 0 Å². The van der Waals surface area contributed by atoms with Crippen LogP contribution in [-0.4, -0.2) is 0 Å². The minimum atomic E-state index is 0. The molecule has 0 aliphatic heterocycles. The second-order valence-electron chi connectivity index (χ2n) is 0.214. The summed E-state index contributed by atoms with van der Waals surface area (Å²) < 4.78 is 1.33. The Morgan fingerprint density at radius 1 is 1.00 bits per heavy atom. The van der Waals surface area contributed by atoms with E-state index in [4.69, 9.17) is 0 Å². The first kappa shape index (κ1) is 10.7. The van der Waals surface area contributed by atoms with Crippen LogP contribution in [0.15, 0.2) is 0 Å². The number of rotatable bonds is 0. The molecule has 0 nitrogen and oxygen atoms in total. The molecule has 0 aliphatic carbocycles. The van der Waals surface area contributed by atoms with Gasteiger partial charge in [-0.25, -0.2) is 0 Å².